The van der Waals surface area contributed by atoms with Crippen LogP contribution in [0, 0.1) is 20.8 Å². The van der Waals surface area contributed by atoms with Crippen molar-refractivity contribution in [1.82, 2.24) is 9.88 Å². The summed E-state index contributed by atoms with van der Waals surface area (Å²) in [5.41, 5.74) is 4.73. The van der Waals surface area contributed by atoms with Crippen LogP contribution in [0.25, 0.3) is 11.1 Å². The summed E-state index contributed by atoms with van der Waals surface area (Å²) in [7, 11) is 1.54. The Morgan fingerprint density at radius 1 is 1.06 bits per heavy atom. The van der Waals surface area contributed by atoms with Crippen LogP contribution in [-0.2, 0) is 16.6 Å². The lowest BCUT2D eigenvalue weighted by Crippen LogP contribution is -2.36. The van der Waals surface area contributed by atoms with Gasteiger partial charge in [-0.2, -0.15) is 0 Å². The molecule has 0 saturated heterocycles. The van der Waals surface area contributed by atoms with Crippen molar-refractivity contribution in [3.63, 3.8) is 0 Å². The smallest absolute Gasteiger partial charge is 0.319 e. The predicted molar refractivity (Wildman–Crippen MR) is 136 cm³/mol. The van der Waals surface area contributed by atoms with Gasteiger partial charge in [-0.25, -0.2) is 4.79 Å². The number of aryl methyl sites for hydroxylation is 3. The average molecular weight is 478 g/mol. The van der Waals surface area contributed by atoms with Gasteiger partial charge >= 0.3 is 12.0 Å². The van der Waals surface area contributed by atoms with Gasteiger partial charge in [0.2, 0.25) is 0 Å². The first-order valence-electron chi connectivity index (χ1n) is 11.4. The third kappa shape index (κ3) is 5.90. The third-order valence-corrected chi connectivity index (χ3v) is 5.93. The lowest BCUT2D eigenvalue weighted by Gasteiger charge is -2.21. The van der Waals surface area contributed by atoms with Crippen LogP contribution in [-0.4, -0.2) is 28.3 Å². The quantitative estimate of drug-likeness (QED) is 0.434. The number of nitrogens with zero attached hydrogens (tertiary/aromatic N) is 1. The molecule has 0 saturated carbocycles. The zero-order valence-corrected chi connectivity index (χ0v) is 20.6. The van der Waals surface area contributed by atoms with Crippen LogP contribution in [0.4, 0.5) is 10.5 Å². The number of carbonyl (C=O) groups excluding carboxylic acids is 2. The van der Waals surface area contributed by atoms with E-state index >= 15 is 0 Å². The summed E-state index contributed by atoms with van der Waals surface area (Å²) in [6.07, 6.45) is -0.102. The predicted octanol–water partition coefficient (Wildman–Crippen LogP) is 4.50. The molecule has 8 heteroatoms. The first-order chi connectivity index (χ1) is 16.6. The van der Waals surface area contributed by atoms with Gasteiger partial charge in [0, 0.05) is 18.8 Å². The van der Waals surface area contributed by atoms with Gasteiger partial charge in [-0.15, -0.1) is 0 Å². The molecule has 8 nitrogen and oxygen atoms in total. The number of hydrogen-bond acceptors (Lipinski definition) is 5. The number of esters is 1. The molecule has 2 amide bonds. The monoisotopic (exact) mass is 477 g/mol. The topological polar surface area (TPSA) is 110 Å². The molecule has 0 unspecified atom stereocenters. The summed E-state index contributed by atoms with van der Waals surface area (Å²) in [5.74, 6) is -0.802. The van der Waals surface area contributed by atoms with E-state index in [1.165, 1.54) is 10.6 Å². The molecule has 1 heterocycles. The van der Waals surface area contributed by atoms with Gasteiger partial charge in [0.25, 0.3) is 5.56 Å². The van der Waals surface area contributed by atoms with Gasteiger partial charge in [-0.1, -0.05) is 36.4 Å². The van der Waals surface area contributed by atoms with E-state index in [-0.39, 0.29) is 24.5 Å². The summed E-state index contributed by atoms with van der Waals surface area (Å²) in [4.78, 5) is 37.7. The second-order valence-corrected chi connectivity index (χ2v) is 8.46. The molecule has 0 bridgehead atoms. The van der Waals surface area contributed by atoms with E-state index < -0.39 is 23.6 Å². The maximum atomic E-state index is 12.9. The minimum atomic E-state index is -0.729. The van der Waals surface area contributed by atoms with E-state index in [0.29, 0.717) is 11.3 Å². The molecule has 3 N–H and O–H groups in total. The number of hydrogen-bond donors (Lipinski definition) is 3. The minimum Gasteiger partial charge on any atom is -0.505 e. The number of ether oxygens (including phenoxy) is 1. The Labute approximate surface area is 204 Å². The van der Waals surface area contributed by atoms with Gasteiger partial charge in [0.05, 0.1) is 19.1 Å². The molecule has 0 aliphatic rings. The van der Waals surface area contributed by atoms with Crippen LogP contribution >= 0.6 is 0 Å². The number of rotatable bonds is 7. The highest BCUT2D eigenvalue weighted by atomic mass is 16.5. The van der Waals surface area contributed by atoms with Crippen LogP contribution in [0.1, 0.15) is 41.8 Å². The lowest BCUT2D eigenvalue weighted by molar-refractivity contribution is -0.143. The summed E-state index contributed by atoms with van der Waals surface area (Å²) < 4.78 is 6.43. The molecule has 0 aliphatic heterocycles. The molecule has 0 fully saturated rings. The number of pyridine rings is 1. The van der Waals surface area contributed by atoms with Crippen molar-refractivity contribution in [2.45, 2.75) is 40.2 Å². The largest absolute Gasteiger partial charge is 0.505 e. The normalized spacial score (nSPS) is 11.6. The lowest BCUT2D eigenvalue weighted by atomic mass is 9.93. The molecule has 2 aromatic carbocycles. The summed E-state index contributed by atoms with van der Waals surface area (Å²) in [6, 6.07) is 13.6. The van der Waals surface area contributed by atoms with Crippen molar-refractivity contribution in [2.24, 2.45) is 7.05 Å². The zero-order chi connectivity index (χ0) is 25.7. The Morgan fingerprint density at radius 3 is 2.37 bits per heavy atom. The maximum absolute atomic E-state index is 12.9. The van der Waals surface area contributed by atoms with E-state index in [0.717, 1.165) is 22.3 Å². The highest BCUT2D eigenvalue weighted by molar-refractivity contribution is 5.91. The van der Waals surface area contributed by atoms with Crippen LogP contribution in [0.3, 0.4) is 0 Å². The molecule has 184 valence electrons. The fraction of sp³-hybridized carbons (Fsp3) is 0.296. The first-order valence-corrected chi connectivity index (χ1v) is 11.4. The number of benzene rings is 2. The van der Waals surface area contributed by atoms with Gasteiger partial charge in [0.1, 0.15) is 5.75 Å². The Hall–Kier alpha value is -4.07. The highest BCUT2D eigenvalue weighted by Gasteiger charge is 2.22. The van der Waals surface area contributed by atoms with E-state index in [1.54, 1.807) is 20.9 Å². The molecule has 3 aromatic rings. The standard InChI is InChI=1S/C27H31N3O5/c1-6-35-23(32)15-21(28-27(34)29-25-22(31)13-18(4)30(5)26(25)33)19-11-8-12-20(14-19)24-16(2)9-7-10-17(24)3/h7-14,21,31H,6,15H2,1-5H3,(H2,28,29,34)/t21-/m0/s1. The Morgan fingerprint density at radius 2 is 1.71 bits per heavy atom. The average Bonchev–Trinajstić information content (AvgIpc) is 2.80. The molecular formula is C27H31N3O5. The molecule has 0 spiro atoms. The number of urea groups is 1. The van der Waals surface area contributed by atoms with Gasteiger partial charge in [0.15, 0.2) is 5.69 Å². The van der Waals surface area contributed by atoms with E-state index in [2.05, 4.69) is 10.6 Å². The molecule has 0 radical (unpaired) electrons. The number of amides is 2. The number of carbonyl (C=O) groups is 2. The number of nitrogens with one attached hydrogen (secondary N) is 2. The van der Waals surface area contributed by atoms with Crippen molar-refractivity contribution in [1.29, 1.82) is 0 Å². The molecule has 3 rings (SSSR count). The summed E-state index contributed by atoms with van der Waals surface area (Å²) in [6.45, 7) is 7.66. The number of aromatic nitrogens is 1. The highest BCUT2D eigenvalue weighted by Crippen LogP contribution is 2.30. The first kappa shape index (κ1) is 25.6. The Balaban J connectivity index is 1.93. The molecule has 0 aliphatic carbocycles. The van der Waals surface area contributed by atoms with Crippen molar-refractivity contribution < 1.29 is 19.4 Å². The van der Waals surface area contributed by atoms with Crippen LogP contribution < -0.4 is 16.2 Å². The second-order valence-electron chi connectivity index (χ2n) is 8.46. The molecule has 1 aromatic heterocycles. The van der Waals surface area contributed by atoms with Crippen molar-refractivity contribution in [3.8, 4) is 16.9 Å². The fourth-order valence-corrected chi connectivity index (χ4v) is 4.05. The third-order valence-electron chi connectivity index (χ3n) is 5.93. The number of anilines is 1. The van der Waals surface area contributed by atoms with Crippen molar-refractivity contribution in [3.05, 3.63) is 81.3 Å². The van der Waals surface area contributed by atoms with Crippen LogP contribution in [0.15, 0.2) is 53.3 Å². The molecule has 1 atom stereocenters. The molecular weight excluding hydrogens is 446 g/mol. The Bertz CT molecular complexity index is 1290. The second kappa shape index (κ2) is 10.9. The van der Waals surface area contributed by atoms with E-state index in [1.807, 2.05) is 56.3 Å². The van der Waals surface area contributed by atoms with Crippen LogP contribution in [0.5, 0.6) is 5.75 Å². The fourth-order valence-electron chi connectivity index (χ4n) is 4.05. The van der Waals surface area contributed by atoms with Gasteiger partial charge in [-0.05, 0) is 61.6 Å². The zero-order valence-electron chi connectivity index (χ0n) is 20.6. The Kier molecular flexibility index (Phi) is 7.96. The van der Waals surface area contributed by atoms with Crippen molar-refractivity contribution >= 4 is 17.7 Å². The summed E-state index contributed by atoms with van der Waals surface area (Å²) >= 11 is 0. The van der Waals surface area contributed by atoms with Gasteiger partial charge in [-0.3, -0.25) is 9.59 Å². The van der Waals surface area contributed by atoms with Crippen LogP contribution in [0.2, 0.25) is 0 Å². The molecule has 35 heavy (non-hydrogen) atoms. The maximum Gasteiger partial charge on any atom is 0.319 e. The van der Waals surface area contributed by atoms with E-state index in [4.69, 9.17) is 4.74 Å². The summed E-state index contributed by atoms with van der Waals surface area (Å²) in [5, 5.41) is 15.4. The minimum absolute atomic E-state index is 0.102. The number of aromatic hydroxyl groups is 1. The van der Waals surface area contributed by atoms with Gasteiger partial charge < -0.3 is 25.0 Å². The van der Waals surface area contributed by atoms with E-state index in [9.17, 15) is 19.5 Å². The SMILES string of the molecule is CCOC(=O)C[C@H](NC(=O)Nc1c(O)cc(C)n(C)c1=O)c1cccc(-c2c(C)cccc2C)c1. The van der Waals surface area contributed by atoms with Crippen molar-refractivity contribution in [2.75, 3.05) is 11.9 Å².